The first kappa shape index (κ1) is 20.0. The van der Waals surface area contributed by atoms with E-state index in [-0.39, 0.29) is 11.0 Å². The van der Waals surface area contributed by atoms with Gasteiger partial charge in [0.25, 0.3) is 0 Å². The fourth-order valence-corrected chi connectivity index (χ4v) is 4.86. The molecule has 0 spiro atoms. The van der Waals surface area contributed by atoms with Crippen LogP contribution in [0.3, 0.4) is 0 Å². The molecule has 2 N–H and O–H groups in total. The molecule has 1 aliphatic rings. The van der Waals surface area contributed by atoms with Crippen LogP contribution in [-0.2, 0) is 10.0 Å². The molecule has 0 atom stereocenters. The number of aryl methyl sites for hydroxylation is 1. The summed E-state index contributed by atoms with van der Waals surface area (Å²) >= 11 is 1.43. The third-order valence-corrected chi connectivity index (χ3v) is 7.15. The highest BCUT2D eigenvalue weighted by Gasteiger charge is 2.20. The lowest BCUT2D eigenvalue weighted by molar-refractivity contribution is 0.150. The van der Waals surface area contributed by atoms with Gasteiger partial charge in [-0.15, -0.1) is 11.3 Å². The monoisotopic (exact) mass is 433 g/mol. The van der Waals surface area contributed by atoms with Gasteiger partial charge in [-0.05, 0) is 63.4 Å². The Hall–Kier alpha value is -2.30. The molecule has 1 fully saturated rings. The summed E-state index contributed by atoms with van der Waals surface area (Å²) in [4.78, 5) is 14.4. The highest BCUT2D eigenvalue weighted by atomic mass is 32.2. The second kappa shape index (κ2) is 8.21. The Balaban J connectivity index is 1.63. The van der Waals surface area contributed by atoms with E-state index in [9.17, 15) is 8.42 Å². The first-order valence-electron chi connectivity index (χ1n) is 9.55. The fraction of sp³-hybridized carbons (Fsp3) is 0.421. The molecule has 2 heterocycles. The zero-order valence-electron chi connectivity index (χ0n) is 16.3. The van der Waals surface area contributed by atoms with Crippen molar-refractivity contribution in [2.24, 2.45) is 0 Å². The molecule has 0 bridgehead atoms. The van der Waals surface area contributed by atoms with Crippen LogP contribution in [0.25, 0.3) is 10.3 Å². The van der Waals surface area contributed by atoms with Crippen LogP contribution in [0.2, 0.25) is 0 Å². The number of nitrogens with zero attached hydrogens (tertiary/aromatic N) is 3. The van der Waals surface area contributed by atoms with Gasteiger partial charge >= 0.3 is 0 Å². The average Bonchev–Trinajstić information content (AvgIpc) is 3.19. The van der Waals surface area contributed by atoms with E-state index >= 15 is 0 Å². The predicted molar refractivity (Wildman–Crippen MR) is 113 cm³/mol. The first-order chi connectivity index (χ1) is 14.0. The zero-order chi connectivity index (χ0) is 20.4. The SMILES string of the molecule is CNS(=O)(=O)c1ccc(Nc2nc(OC3CCCCC3)c3ncsc3n2)c(C)c1. The Morgan fingerprint density at radius 1 is 1.17 bits per heavy atom. The quantitative estimate of drug-likeness (QED) is 0.610. The fourth-order valence-electron chi connectivity index (χ4n) is 3.40. The van der Waals surface area contributed by atoms with Crippen LogP contribution in [0.5, 0.6) is 5.88 Å². The molecule has 0 amide bonds. The van der Waals surface area contributed by atoms with Crippen molar-refractivity contribution in [2.45, 2.75) is 50.0 Å². The Labute approximate surface area is 173 Å². The van der Waals surface area contributed by atoms with Gasteiger partial charge in [-0.3, -0.25) is 0 Å². The summed E-state index contributed by atoms with van der Waals surface area (Å²) < 4.78 is 32.5. The van der Waals surface area contributed by atoms with Gasteiger partial charge in [0.05, 0.1) is 10.4 Å². The van der Waals surface area contributed by atoms with Crippen LogP contribution >= 0.6 is 11.3 Å². The third kappa shape index (κ3) is 4.34. The average molecular weight is 434 g/mol. The Bertz CT molecular complexity index is 1120. The van der Waals surface area contributed by atoms with Gasteiger partial charge in [0.2, 0.25) is 21.9 Å². The minimum absolute atomic E-state index is 0.157. The number of aromatic nitrogens is 3. The molecule has 0 unspecified atom stereocenters. The third-order valence-electron chi connectivity index (χ3n) is 5.02. The Morgan fingerprint density at radius 3 is 2.69 bits per heavy atom. The molecule has 0 radical (unpaired) electrons. The van der Waals surface area contributed by atoms with Gasteiger partial charge in [-0.1, -0.05) is 6.42 Å². The normalized spacial score (nSPS) is 15.5. The maximum atomic E-state index is 12.0. The molecule has 4 rings (SSSR count). The van der Waals surface area contributed by atoms with E-state index in [4.69, 9.17) is 4.74 Å². The smallest absolute Gasteiger partial charge is 0.246 e. The number of hydrogen-bond acceptors (Lipinski definition) is 8. The van der Waals surface area contributed by atoms with E-state index < -0.39 is 10.0 Å². The Kier molecular flexibility index (Phi) is 5.66. The molecule has 0 saturated heterocycles. The molecule has 1 aromatic carbocycles. The lowest BCUT2D eigenvalue weighted by Crippen LogP contribution is -2.20. The minimum Gasteiger partial charge on any atom is -0.473 e. The molecular formula is C19H23N5O3S2. The van der Waals surface area contributed by atoms with Crippen LogP contribution in [0, 0.1) is 6.92 Å². The summed E-state index contributed by atoms with van der Waals surface area (Å²) in [5, 5.41) is 3.19. The maximum absolute atomic E-state index is 12.0. The Morgan fingerprint density at radius 2 is 1.97 bits per heavy atom. The number of hydrogen-bond donors (Lipinski definition) is 2. The van der Waals surface area contributed by atoms with Crippen LogP contribution < -0.4 is 14.8 Å². The number of nitrogens with one attached hydrogen (secondary N) is 2. The molecule has 10 heteroatoms. The number of ether oxygens (including phenoxy) is 1. The number of fused-ring (bicyclic) bond motifs is 1. The summed E-state index contributed by atoms with van der Waals surface area (Å²) in [6.07, 6.45) is 5.80. The lowest BCUT2D eigenvalue weighted by Gasteiger charge is -2.22. The second-order valence-electron chi connectivity index (χ2n) is 7.05. The van der Waals surface area contributed by atoms with E-state index in [1.807, 2.05) is 6.92 Å². The topological polar surface area (TPSA) is 106 Å². The summed E-state index contributed by atoms with van der Waals surface area (Å²) in [6, 6.07) is 4.87. The number of rotatable bonds is 6. The van der Waals surface area contributed by atoms with Crippen molar-refractivity contribution < 1.29 is 13.2 Å². The summed E-state index contributed by atoms with van der Waals surface area (Å²) in [5.41, 5.74) is 3.91. The number of anilines is 2. The molecule has 154 valence electrons. The molecule has 3 aromatic rings. The van der Waals surface area contributed by atoms with Gasteiger partial charge in [-0.2, -0.15) is 9.97 Å². The van der Waals surface area contributed by atoms with Crippen LogP contribution in [0.4, 0.5) is 11.6 Å². The molecule has 1 aliphatic carbocycles. The summed E-state index contributed by atoms with van der Waals surface area (Å²) in [7, 11) is -2.10. The van der Waals surface area contributed by atoms with E-state index in [2.05, 4.69) is 25.0 Å². The van der Waals surface area contributed by atoms with Gasteiger partial charge in [0.15, 0.2) is 10.3 Å². The van der Waals surface area contributed by atoms with Gasteiger partial charge in [0.1, 0.15) is 6.10 Å². The van der Waals surface area contributed by atoms with E-state index in [1.165, 1.54) is 37.6 Å². The highest BCUT2D eigenvalue weighted by Crippen LogP contribution is 2.31. The van der Waals surface area contributed by atoms with Crippen LogP contribution in [0.15, 0.2) is 28.6 Å². The van der Waals surface area contributed by atoms with Crippen molar-refractivity contribution in [1.82, 2.24) is 19.7 Å². The van der Waals surface area contributed by atoms with Crippen LogP contribution in [-0.4, -0.2) is 36.5 Å². The van der Waals surface area contributed by atoms with E-state index in [0.29, 0.717) is 17.3 Å². The van der Waals surface area contributed by atoms with Crippen molar-refractivity contribution in [3.63, 3.8) is 0 Å². The molecule has 8 nitrogen and oxygen atoms in total. The number of thiazole rings is 1. The van der Waals surface area contributed by atoms with Crippen molar-refractivity contribution in [3.8, 4) is 5.88 Å². The molecule has 2 aromatic heterocycles. The maximum Gasteiger partial charge on any atom is 0.246 e. The van der Waals surface area contributed by atoms with Crippen molar-refractivity contribution in [3.05, 3.63) is 29.3 Å². The van der Waals surface area contributed by atoms with Gasteiger partial charge < -0.3 is 10.1 Å². The van der Waals surface area contributed by atoms with Crippen molar-refractivity contribution >= 4 is 43.3 Å². The molecule has 1 saturated carbocycles. The second-order valence-corrected chi connectivity index (χ2v) is 9.77. The largest absolute Gasteiger partial charge is 0.473 e. The summed E-state index contributed by atoms with van der Waals surface area (Å²) in [5.74, 6) is 0.901. The summed E-state index contributed by atoms with van der Waals surface area (Å²) in [6.45, 7) is 1.84. The number of benzene rings is 1. The standard InChI is InChI=1S/C19H23N5O3S2/c1-12-10-14(29(25,26)20-2)8-9-15(12)22-19-23-17(16-18(24-19)28-11-21-16)27-13-6-4-3-5-7-13/h8-11,13,20H,3-7H2,1-2H3,(H,22,23,24). The predicted octanol–water partition coefficient (Wildman–Crippen LogP) is 3.76. The van der Waals surface area contributed by atoms with Gasteiger partial charge in [-0.25, -0.2) is 18.1 Å². The van der Waals surface area contributed by atoms with Crippen molar-refractivity contribution in [2.75, 3.05) is 12.4 Å². The first-order valence-corrected chi connectivity index (χ1v) is 11.9. The lowest BCUT2D eigenvalue weighted by atomic mass is 9.98. The number of sulfonamides is 1. The van der Waals surface area contributed by atoms with Crippen molar-refractivity contribution in [1.29, 1.82) is 0 Å². The van der Waals surface area contributed by atoms with E-state index in [0.717, 1.165) is 28.9 Å². The molecule has 29 heavy (non-hydrogen) atoms. The van der Waals surface area contributed by atoms with Crippen LogP contribution in [0.1, 0.15) is 37.7 Å². The minimum atomic E-state index is -3.49. The molecule has 0 aliphatic heterocycles. The zero-order valence-corrected chi connectivity index (χ0v) is 17.9. The van der Waals surface area contributed by atoms with E-state index in [1.54, 1.807) is 23.7 Å². The highest BCUT2D eigenvalue weighted by molar-refractivity contribution is 7.89. The molecular weight excluding hydrogens is 410 g/mol. The van der Waals surface area contributed by atoms with Gasteiger partial charge in [0, 0.05) is 5.69 Å².